The van der Waals surface area contributed by atoms with Crippen molar-refractivity contribution in [1.82, 2.24) is 10.2 Å². The third-order valence-corrected chi connectivity index (χ3v) is 4.12. The molecule has 6 nitrogen and oxygen atoms in total. The molecule has 2 rings (SSSR count). The lowest BCUT2D eigenvalue weighted by molar-refractivity contribution is -0.121. The van der Waals surface area contributed by atoms with Gasteiger partial charge < -0.3 is 20.1 Å². The number of hydrogen-bond acceptors (Lipinski definition) is 5. The number of unbranched alkanes of at least 4 members (excludes halogenated alkanes) is 2. The number of ether oxygens (including phenoxy) is 2. The Kier molecular flexibility index (Phi) is 8.73. The molecule has 0 atom stereocenters. The van der Waals surface area contributed by atoms with Crippen LogP contribution in [0, 0.1) is 5.82 Å². The third-order valence-electron chi connectivity index (χ3n) is 3.92. The van der Waals surface area contributed by atoms with Crippen molar-refractivity contribution in [2.75, 3.05) is 44.8 Å². The second-order valence-electron chi connectivity index (χ2n) is 6.09. The van der Waals surface area contributed by atoms with Gasteiger partial charge in [-0.15, -0.1) is 0 Å². The number of hydrogen-bond donors (Lipinski definition) is 2. The van der Waals surface area contributed by atoms with Crippen molar-refractivity contribution in [3.63, 3.8) is 0 Å². The van der Waals surface area contributed by atoms with E-state index in [9.17, 15) is 9.18 Å². The number of morpholine rings is 1. The van der Waals surface area contributed by atoms with E-state index in [0.717, 1.165) is 32.4 Å². The number of halogens is 1. The Balaban J connectivity index is 1.77. The molecule has 8 heteroatoms. The summed E-state index contributed by atoms with van der Waals surface area (Å²) in [7, 11) is 0. The molecule has 1 heterocycles. The van der Waals surface area contributed by atoms with Gasteiger partial charge in [0.05, 0.1) is 26.4 Å². The largest absolute Gasteiger partial charge is 0.491 e. The maximum atomic E-state index is 14.1. The van der Waals surface area contributed by atoms with Crippen molar-refractivity contribution in [2.45, 2.75) is 26.2 Å². The zero-order chi connectivity index (χ0) is 18.8. The minimum Gasteiger partial charge on any atom is -0.491 e. The molecule has 0 bridgehead atoms. The molecule has 0 radical (unpaired) electrons. The van der Waals surface area contributed by atoms with E-state index in [-0.39, 0.29) is 23.3 Å². The summed E-state index contributed by atoms with van der Waals surface area (Å²) in [6.45, 7) is 5.54. The number of thiocarbonyl (C=S) groups is 1. The lowest BCUT2D eigenvalue weighted by Crippen LogP contribution is -2.45. The Bertz CT molecular complexity index is 609. The fraction of sp³-hybridized carbons (Fsp3) is 0.556. The predicted octanol–water partition coefficient (Wildman–Crippen LogP) is 2.54. The van der Waals surface area contributed by atoms with Crippen LogP contribution in [0.3, 0.4) is 0 Å². The highest BCUT2D eigenvalue weighted by Gasteiger charge is 2.15. The van der Waals surface area contributed by atoms with Crippen LogP contribution in [0.2, 0.25) is 0 Å². The first kappa shape index (κ1) is 20.5. The molecule has 2 N–H and O–H groups in total. The molecule has 1 aromatic rings. The van der Waals surface area contributed by atoms with E-state index in [1.807, 2.05) is 4.90 Å². The quantitative estimate of drug-likeness (QED) is 0.531. The molecular weight excluding hydrogens is 357 g/mol. The maximum absolute atomic E-state index is 14.1. The van der Waals surface area contributed by atoms with Crippen molar-refractivity contribution in [2.24, 2.45) is 0 Å². The van der Waals surface area contributed by atoms with E-state index in [4.69, 9.17) is 21.7 Å². The van der Waals surface area contributed by atoms with Gasteiger partial charge in [0, 0.05) is 24.8 Å². The molecule has 144 valence electrons. The first-order valence-electron chi connectivity index (χ1n) is 8.91. The van der Waals surface area contributed by atoms with Gasteiger partial charge in [0.1, 0.15) is 0 Å². The van der Waals surface area contributed by atoms with E-state index in [0.29, 0.717) is 25.5 Å². The molecule has 26 heavy (non-hydrogen) atoms. The Labute approximate surface area is 159 Å². The van der Waals surface area contributed by atoms with Gasteiger partial charge in [-0.3, -0.25) is 9.69 Å². The van der Waals surface area contributed by atoms with Gasteiger partial charge in [0.2, 0.25) is 5.91 Å². The summed E-state index contributed by atoms with van der Waals surface area (Å²) in [5, 5.41) is 5.56. The van der Waals surface area contributed by atoms with Gasteiger partial charge in [-0.2, -0.15) is 0 Å². The first-order chi connectivity index (χ1) is 12.6. The standard InChI is InChI=1S/C18H26FN3O3S/c1-2-3-4-9-25-16-6-5-14(12-15(16)19)20-18(26)21-17(23)13-22-7-10-24-11-8-22/h5-6,12H,2-4,7-11,13H2,1H3,(H2,20,21,23,26). The number of anilines is 1. The van der Waals surface area contributed by atoms with Crippen LogP contribution in [-0.2, 0) is 9.53 Å². The topological polar surface area (TPSA) is 62.8 Å². The summed E-state index contributed by atoms with van der Waals surface area (Å²) < 4.78 is 24.7. The zero-order valence-electron chi connectivity index (χ0n) is 15.1. The molecule has 1 fully saturated rings. The molecular formula is C18H26FN3O3S. The summed E-state index contributed by atoms with van der Waals surface area (Å²) in [4.78, 5) is 14.0. The normalized spacial score (nSPS) is 14.7. The highest BCUT2D eigenvalue weighted by Crippen LogP contribution is 2.21. The molecule has 1 aliphatic heterocycles. The molecule has 0 saturated carbocycles. The first-order valence-corrected chi connectivity index (χ1v) is 9.32. The average molecular weight is 383 g/mol. The summed E-state index contributed by atoms with van der Waals surface area (Å²) >= 11 is 5.12. The second-order valence-corrected chi connectivity index (χ2v) is 6.50. The number of nitrogens with zero attached hydrogens (tertiary/aromatic N) is 1. The number of carbonyl (C=O) groups is 1. The molecule has 0 spiro atoms. The number of amides is 1. The summed E-state index contributed by atoms with van der Waals surface area (Å²) in [5.74, 6) is -0.455. The smallest absolute Gasteiger partial charge is 0.240 e. The van der Waals surface area contributed by atoms with E-state index in [2.05, 4.69) is 17.6 Å². The monoisotopic (exact) mass is 383 g/mol. The number of carbonyl (C=O) groups excluding carboxylic acids is 1. The van der Waals surface area contributed by atoms with E-state index in [1.54, 1.807) is 12.1 Å². The summed E-state index contributed by atoms with van der Waals surface area (Å²) in [6.07, 6.45) is 3.04. The van der Waals surface area contributed by atoms with E-state index >= 15 is 0 Å². The minimum atomic E-state index is -0.464. The number of rotatable bonds is 8. The zero-order valence-corrected chi connectivity index (χ0v) is 15.9. The Morgan fingerprint density at radius 2 is 2.12 bits per heavy atom. The Hall–Kier alpha value is -1.77. The van der Waals surface area contributed by atoms with Crippen LogP contribution < -0.4 is 15.4 Å². The summed E-state index contributed by atoms with van der Waals surface area (Å²) in [5.41, 5.74) is 0.458. The van der Waals surface area contributed by atoms with E-state index in [1.165, 1.54) is 6.07 Å². The predicted molar refractivity (Wildman–Crippen MR) is 103 cm³/mol. The highest BCUT2D eigenvalue weighted by molar-refractivity contribution is 7.80. The van der Waals surface area contributed by atoms with Crippen molar-refractivity contribution >= 4 is 28.9 Å². The molecule has 0 unspecified atom stereocenters. The van der Waals surface area contributed by atoms with Crippen LogP contribution in [0.1, 0.15) is 26.2 Å². The SMILES string of the molecule is CCCCCOc1ccc(NC(=S)NC(=O)CN2CCOCC2)cc1F. The van der Waals surface area contributed by atoms with Crippen molar-refractivity contribution in [1.29, 1.82) is 0 Å². The fourth-order valence-corrected chi connectivity index (χ4v) is 2.75. The fourth-order valence-electron chi connectivity index (χ4n) is 2.52. The lowest BCUT2D eigenvalue weighted by Gasteiger charge is -2.25. The molecule has 1 saturated heterocycles. The van der Waals surface area contributed by atoms with Crippen LogP contribution >= 0.6 is 12.2 Å². The van der Waals surface area contributed by atoms with Gasteiger partial charge in [0.15, 0.2) is 16.7 Å². The number of benzene rings is 1. The van der Waals surface area contributed by atoms with Crippen molar-refractivity contribution in [3.05, 3.63) is 24.0 Å². The van der Waals surface area contributed by atoms with E-state index < -0.39 is 5.82 Å². The van der Waals surface area contributed by atoms with Gasteiger partial charge in [-0.25, -0.2) is 4.39 Å². The molecule has 0 aromatic heterocycles. The summed E-state index contributed by atoms with van der Waals surface area (Å²) in [6, 6.07) is 4.52. The molecule has 1 amide bonds. The number of nitrogens with one attached hydrogen (secondary N) is 2. The van der Waals surface area contributed by atoms with Crippen LogP contribution in [0.25, 0.3) is 0 Å². The maximum Gasteiger partial charge on any atom is 0.240 e. The Morgan fingerprint density at radius 3 is 2.81 bits per heavy atom. The average Bonchev–Trinajstić information content (AvgIpc) is 2.61. The molecule has 1 aliphatic rings. The van der Waals surface area contributed by atoms with Crippen LogP contribution in [-0.4, -0.2) is 55.4 Å². The lowest BCUT2D eigenvalue weighted by atomic mass is 10.2. The van der Waals surface area contributed by atoms with Crippen LogP contribution in [0.5, 0.6) is 5.75 Å². The van der Waals surface area contributed by atoms with Crippen molar-refractivity contribution < 1.29 is 18.7 Å². The van der Waals surface area contributed by atoms with Crippen LogP contribution in [0.15, 0.2) is 18.2 Å². The van der Waals surface area contributed by atoms with Crippen LogP contribution in [0.4, 0.5) is 10.1 Å². The van der Waals surface area contributed by atoms with Gasteiger partial charge in [-0.05, 0) is 30.8 Å². The third kappa shape index (κ3) is 7.23. The van der Waals surface area contributed by atoms with Gasteiger partial charge in [-0.1, -0.05) is 19.8 Å². The van der Waals surface area contributed by atoms with Gasteiger partial charge in [0.25, 0.3) is 0 Å². The Morgan fingerprint density at radius 1 is 1.35 bits per heavy atom. The molecule has 0 aliphatic carbocycles. The van der Waals surface area contributed by atoms with Crippen molar-refractivity contribution in [3.8, 4) is 5.75 Å². The highest BCUT2D eigenvalue weighted by atomic mass is 32.1. The minimum absolute atomic E-state index is 0.138. The molecule has 1 aromatic carbocycles. The second kappa shape index (κ2) is 11.1. The van der Waals surface area contributed by atoms with Gasteiger partial charge >= 0.3 is 0 Å².